The van der Waals surface area contributed by atoms with Crippen LogP contribution in [0.4, 0.5) is 0 Å². The van der Waals surface area contributed by atoms with E-state index in [1.165, 1.54) is 0 Å². The highest BCUT2D eigenvalue weighted by Gasteiger charge is 2.05. The average molecular weight is 289 g/mol. The molecule has 4 heteroatoms. The monoisotopic (exact) mass is 287 g/mol. The van der Waals surface area contributed by atoms with Crippen molar-refractivity contribution in [2.24, 2.45) is 0 Å². The Morgan fingerprint density at radius 1 is 1.33 bits per heavy atom. The lowest BCUT2D eigenvalue weighted by molar-refractivity contribution is 0.518. The van der Waals surface area contributed by atoms with Gasteiger partial charge in [-0.25, -0.2) is 4.98 Å². The van der Waals surface area contributed by atoms with Gasteiger partial charge < -0.3 is 4.42 Å². The van der Waals surface area contributed by atoms with Crippen molar-refractivity contribution in [1.82, 2.24) is 4.98 Å². The van der Waals surface area contributed by atoms with Crippen LogP contribution in [0.5, 0.6) is 0 Å². The van der Waals surface area contributed by atoms with Gasteiger partial charge in [0.05, 0.1) is 0 Å². The molecule has 15 heavy (non-hydrogen) atoms. The third kappa shape index (κ3) is 2.73. The van der Waals surface area contributed by atoms with Gasteiger partial charge in [0.25, 0.3) is 0 Å². The molecule has 0 saturated heterocycles. The predicted molar refractivity (Wildman–Crippen MR) is 65.4 cm³/mol. The Morgan fingerprint density at radius 3 is 3.00 bits per heavy atom. The Kier molecular flexibility index (Phi) is 3.65. The minimum absolute atomic E-state index is 0.700. The smallest absolute Gasteiger partial charge is 0.195 e. The number of unbranched alkanes of at least 4 members (excludes halogenated alkanes) is 1. The Bertz CT molecular complexity index is 455. The molecule has 0 radical (unpaired) electrons. The van der Waals surface area contributed by atoms with Crippen LogP contribution in [0, 0.1) is 0 Å². The first-order valence-corrected chi connectivity index (χ1v) is 6.23. The maximum absolute atomic E-state index is 5.61. The molecule has 2 nitrogen and oxygen atoms in total. The summed E-state index contributed by atoms with van der Waals surface area (Å²) in [4.78, 5) is 4.41. The highest BCUT2D eigenvalue weighted by Crippen LogP contribution is 2.21. The molecule has 1 heterocycles. The van der Waals surface area contributed by atoms with E-state index >= 15 is 0 Å². The fraction of sp³-hybridized carbons (Fsp3) is 0.364. The zero-order valence-corrected chi connectivity index (χ0v) is 10.5. The third-order valence-corrected chi connectivity index (χ3v) is 2.93. The van der Waals surface area contributed by atoms with Crippen LogP contribution >= 0.6 is 27.5 Å². The molecular formula is C11H11BrClNO. The van der Waals surface area contributed by atoms with Crippen molar-refractivity contribution in [2.45, 2.75) is 19.3 Å². The van der Waals surface area contributed by atoms with Crippen molar-refractivity contribution < 1.29 is 4.42 Å². The summed E-state index contributed by atoms with van der Waals surface area (Å²) in [7, 11) is 0. The largest absolute Gasteiger partial charge is 0.441 e. The first-order valence-electron chi connectivity index (χ1n) is 4.90. The van der Waals surface area contributed by atoms with Crippen LogP contribution in [0.2, 0.25) is 0 Å². The quantitative estimate of drug-likeness (QED) is 0.624. The second-order valence-corrected chi connectivity index (χ2v) is 4.66. The minimum atomic E-state index is 0.700. The molecule has 0 aliphatic carbocycles. The molecule has 1 aromatic carbocycles. The standard InChI is InChI=1S/C11H11BrClNO/c12-8-4-5-10-9(7-8)14-11(15-10)3-1-2-6-13/h4-5,7H,1-3,6H2. The van der Waals surface area contributed by atoms with Gasteiger partial charge in [0, 0.05) is 16.8 Å². The molecule has 0 aliphatic heterocycles. The summed E-state index contributed by atoms with van der Waals surface area (Å²) in [6.07, 6.45) is 2.89. The average Bonchev–Trinajstić information content (AvgIpc) is 2.60. The second kappa shape index (κ2) is 4.99. The first-order chi connectivity index (χ1) is 7.29. The van der Waals surface area contributed by atoms with Gasteiger partial charge in [-0.3, -0.25) is 0 Å². The van der Waals surface area contributed by atoms with Gasteiger partial charge >= 0.3 is 0 Å². The highest BCUT2D eigenvalue weighted by molar-refractivity contribution is 9.10. The van der Waals surface area contributed by atoms with E-state index in [2.05, 4.69) is 20.9 Å². The summed E-state index contributed by atoms with van der Waals surface area (Å²) < 4.78 is 6.62. The number of nitrogens with zero attached hydrogens (tertiary/aromatic N) is 1. The van der Waals surface area contributed by atoms with E-state index in [4.69, 9.17) is 16.0 Å². The molecule has 80 valence electrons. The molecule has 0 atom stereocenters. The molecule has 0 spiro atoms. The van der Waals surface area contributed by atoms with Crippen LogP contribution in [0.3, 0.4) is 0 Å². The van der Waals surface area contributed by atoms with Crippen LogP contribution in [-0.2, 0) is 6.42 Å². The fourth-order valence-electron chi connectivity index (χ4n) is 1.43. The van der Waals surface area contributed by atoms with E-state index < -0.39 is 0 Å². The molecule has 0 amide bonds. The molecule has 2 aromatic rings. The van der Waals surface area contributed by atoms with E-state index in [9.17, 15) is 0 Å². The first kappa shape index (κ1) is 11.0. The summed E-state index contributed by atoms with van der Waals surface area (Å²) >= 11 is 9.02. The Morgan fingerprint density at radius 2 is 2.20 bits per heavy atom. The van der Waals surface area contributed by atoms with Crippen molar-refractivity contribution in [3.63, 3.8) is 0 Å². The Hall–Kier alpha value is -0.540. The molecule has 2 rings (SSSR count). The van der Waals surface area contributed by atoms with Crippen LogP contribution in [0.25, 0.3) is 11.1 Å². The molecule has 0 bridgehead atoms. The summed E-state index contributed by atoms with van der Waals surface area (Å²) in [6, 6.07) is 5.84. The summed E-state index contributed by atoms with van der Waals surface area (Å²) in [5.41, 5.74) is 1.75. The van der Waals surface area contributed by atoms with E-state index in [1.807, 2.05) is 18.2 Å². The lowest BCUT2D eigenvalue weighted by Gasteiger charge is -1.91. The minimum Gasteiger partial charge on any atom is -0.441 e. The second-order valence-electron chi connectivity index (χ2n) is 3.37. The number of aryl methyl sites for hydroxylation is 1. The number of hydrogen-bond acceptors (Lipinski definition) is 2. The molecule has 0 N–H and O–H groups in total. The summed E-state index contributed by atoms with van der Waals surface area (Å²) in [6.45, 7) is 0. The molecular weight excluding hydrogens is 277 g/mol. The number of fused-ring (bicyclic) bond motifs is 1. The number of oxazole rings is 1. The maximum Gasteiger partial charge on any atom is 0.195 e. The SMILES string of the molecule is ClCCCCc1nc2cc(Br)ccc2o1. The van der Waals surface area contributed by atoms with Gasteiger partial charge in [-0.2, -0.15) is 0 Å². The predicted octanol–water partition coefficient (Wildman–Crippen LogP) is 4.15. The topological polar surface area (TPSA) is 26.0 Å². The molecule has 0 unspecified atom stereocenters. The highest BCUT2D eigenvalue weighted by atomic mass is 79.9. The Labute approximate surface area is 102 Å². The van der Waals surface area contributed by atoms with Crippen molar-refractivity contribution in [3.05, 3.63) is 28.6 Å². The molecule has 0 aliphatic rings. The number of benzene rings is 1. The van der Waals surface area contributed by atoms with E-state index in [-0.39, 0.29) is 0 Å². The number of rotatable bonds is 4. The normalized spacial score (nSPS) is 11.1. The number of alkyl halides is 1. The van der Waals surface area contributed by atoms with Crippen molar-refractivity contribution in [1.29, 1.82) is 0 Å². The van der Waals surface area contributed by atoms with E-state index in [0.29, 0.717) is 5.88 Å². The Balaban J connectivity index is 2.16. The lowest BCUT2D eigenvalue weighted by atomic mass is 10.2. The van der Waals surface area contributed by atoms with Crippen molar-refractivity contribution in [3.8, 4) is 0 Å². The van der Waals surface area contributed by atoms with Gasteiger partial charge in [-0.05, 0) is 31.0 Å². The van der Waals surface area contributed by atoms with Crippen molar-refractivity contribution in [2.75, 3.05) is 5.88 Å². The van der Waals surface area contributed by atoms with E-state index in [0.717, 1.165) is 40.7 Å². The van der Waals surface area contributed by atoms with Crippen molar-refractivity contribution >= 4 is 38.6 Å². The van der Waals surface area contributed by atoms with Gasteiger partial charge in [0.1, 0.15) is 5.52 Å². The van der Waals surface area contributed by atoms with Gasteiger partial charge in [0.2, 0.25) is 0 Å². The fourth-order valence-corrected chi connectivity index (χ4v) is 1.96. The van der Waals surface area contributed by atoms with Crippen LogP contribution in [-0.4, -0.2) is 10.9 Å². The van der Waals surface area contributed by atoms with Gasteiger partial charge in [0.15, 0.2) is 11.5 Å². The van der Waals surface area contributed by atoms with Crippen LogP contribution in [0.1, 0.15) is 18.7 Å². The summed E-state index contributed by atoms with van der Waals surface area (Å²) in [5, 5.41) is 0. The molecule has 0 fully saturated rings. The van der Waals surface area contributed by atoms with Crippen LogP contribution < -0.4 is 0 Å². The number of aromatic nitrogens is 1. The number of halogens is 2. The van der Waals surface area contributed by atoms with Crippen LogP contribution in [0.15, 0.2) is 27.1 Å². The van der Waals surface area contributed by atoms with Gasteiger partial charge in [-0.1, -0.05) is 15.9 Å². The van der Waals surface area contributed by atoms with E-state index in [1.54, 1.807) is 0 Å². The lowest BCUT2D eigenvalue weighted by Crippen LogP contribution is -1.85. The number of hydrogen-bond donors (Lipinski definition) is 0. The zero-order valence-electron chi connectivity index (χ0n) is 8.17. The van der Waals surface area contributed by atoms with Gasteiger partial charge in [-0.15, -0.1) is 11.6 Å². The third-order valence-electron chi connectivity index (χ3n) is 2.17. The molecule has 0 saturated carbocycles. The maximum atomic E-state index is 5.61. The zero-order chi connectivity index (χ0) is 10.7. The molecule has 1 aromatic heterocycles. The summed E-state index contributed by atoms with van der Waals surface area (Å²) in [5.74, 6) is 1.50.